The predicted molar refractivity (Wildman–Crippen MR) is 109 cm³/mol. The van der Waals surface area contributed by atoms with E-state index < -0.39 is 0 Å². The van der Waals surface area contributed by atoms with Gasteiger partial charge in [-0.25, -0.2) is 0 Å². The smallest absolute Gasteiger partial charge is 0.230 e. The van der Waals surface area contributed by atoms with E-state index >= 15 is 0 Å². The van der Waals surface area contributed by atoms with Crippen molar-refractivity contribution < 1.29 is 9.59 Å². The number of piperazine rings is 1. The van der Waals surface area contributed by atoms with Gasteiger partial charge in [0.05, 0.1) is 12.2 Å². The van der Waals surface area contributed by atoms with Crippen LogP contribution in [-0.4, -0.2) is 65.9 Å². The third-order valence-corrected chi connectivity index (χ3v) is 6.69. The fourth-order valence-electron chi connectivity index (χ4n) is 2.65. The number of nitrogens with one attached hydrogen (secondary N) is 1. The van der Waals surface area contributed by atoms with Gasteiger partial charge >= 0.3 is 0 Å². The van der Waals surface area contributed by atoms with Crippen LogP contribution in [0.1, 0.15) is 5.56 Å². The highest BCUT2D eigenvalue weighted by Crippen LogP contribution is 2.28. The normalized spacial score (nSPS) is 14.3. The molecule has 0 unspecified atom stereocenters. The third-order valence-electron chi connectivity index (χ3n) is 4.20. The van der Waals surface area contributed by atoms with Crippen molar-refractivity contribution in [3.8, 4) is 0 Å². The van der Waals surface area contributed by atoms with E-state index in [0.717, 1.165) is 15.0 Å². The van der Waals surface area contributed by atoms with Gasteiger partial charge in [-0.05, 0) is 11.6 Å². The van der Waals surface area contributed by atoms with Gasteiger partial charge in [-0.2, -0.15) is 0 Å². The number of carbonyl (C=O) groups is 2. The number of nitrogens with zero attached hydrogens (tertiary/aromatic N) is 4. The standard InChI is InChI=1S/C17H20ClN5O2S2/c1-19-14(24)11-26-17-21-20-16(27-17)23-8-6-22(7-9-23)15(25)10-12-4-2-3-5-13(12)18/h2-5H,6-11H2,1H3,(H,19,24). The summed E-state index contributed by atoms with van der Waals surface area (Å²) in [6.45, 7) is 2.71. The molecule has 2 aromatic rings. The van der Waals surface area contributed by atoms with Crippen LogP contribution in [0.3, 0.4) is 0 Å². The number of thioether (sulfide) groups is 1. The summed E-state index contributed by atoms with van der Waals surface area (Å²) in [5.74, 6) is 0.374. The lowest BCUT2D eigenvalue weighted by Gasteiger charge is -2.34. The molecule has 1 saturated heterocycles. The van der Waals surface area contributed by atoms with E-state index in [2.05, 4.69) is 20.4 Å². The molecule has 0 atom stereocenters. The summed E-state index contributed by atoms with van der Waals surface area (Å²) in [5, 5.41) is 12.4. The van der Waals surface area contributed by atoms with Crippen LogP contribution >= 0.6 is 34.7 Å². The first-order valence-corrected chi connectivity index (χ1v) is 10.7. The van der Waals surface area contributed by atoms with Gasteiger partial charge < -0.3 is 15.1 Å². The minimum Gasteiger partial charge on any atom is -0.358 e. The van der Waals surface area contributed by atoms with E-state index in [1.165, 1.54) is 23.1 Å². The summed E-state index contributed by atoms with van der Waals surface area (Å²) in [7, 11) is 1.61. The zero-order valence-corrected chi connectivity index (χ0v) is 17.2. The molecule has 0 radical (unpaired) electrons. The average Bonchev–Trinajstić information content (AvgIpc) is 3.17. The summed E-state index contributed by atoms with van der Waals surface area (Å²) in [5.41, 5.74) is 0.855. The monoisotopic (exact) mass is 425 g/mol. The maximum atomic E-state index is 12.5. The van der Waals surface area contributed by atoms with Gasteiger partial charge in [0.1, 0.15) is 0 Å². The number of carbonyl (C=O) groups excluding carboxylic acids is 2. The molecule has 0 spiro atoms. The quantitative estimate of drug-likeness (QED) is 0.712. The Labute approximate surface area is 171 Å². The molecule has 2 amide bonds. The van der Waals surface area contributed by atoms with Crippen LogP contribution in [0.15, 0.2) is 28.6 Å². The zero-order valence-electron chi connectivity index (χ0n) is 14.9. The number of benzene rings is 1. The number of halogens is 1. The molecule has 1 aromatic carbocycles. The Morgan fingerprint density at radius 3 is 2.67 bits per heavy atom. The summed E-state index contributed by atoms with van der Waals surface area (Å²) >= 11 is 8.99. The summed E-state index contributed by atoms with van der Waals surface area (Å²) < 4.78 is 0.769. The van der Waals surface area contributed by atoms with E-state index in [1.807, 2.05) is 23.1 Å². The number of hydrogen-bond acceptors (Lipinski definition) is 7. The van der Waals surface area contributed by atoms with Gasteiger partial charge in [0.2, 0.25) is 16.9 Å². The molecule has 0 bridgehead atoms. The van der Waals surface area contributed by atoms with Crippen molar-refractivity contribution in [2.75, 3.05) is 43.9 Å². The first-order chi connectivity index (χ1) is 13.1. The minimum atomic E-state index is -0.0394. The highest BCUT2D eigenvalue weighted by molar-refractivity contribution is 8.01. The van der Waals surface area contributed by atoms with Crippen molar-refractivity contribution in [2.24, 2.45) is 0 Å². The van der Waals surface area contributed by atoms with Gasteiger partial charge in [-0.1, -0.05) is 52.9 Å². The van der Waals surface area contributed by atoms with Crippen molar-refractivity contribution in [1.29, 1.82) is 0 Å². The number of hydrogen-bond donors (Lipinski definition) is 1. The lowest BCUT2D eigenvalue weighted by molar-refractivity contribution is -0.130. The second-order valence-electron chi connectivity index (χ2n) is 5.95. The molecule has 0 saturated carbocycles. The first kappa shape index (κ1) is 19.9. The second-order valence-corrected chi connectivity index (χ2v) is 8.53. The molecule has 1 aliphatic heterocycles. The molecule has 1 aliphatic rings. The predicted octanol–water partition coefficient (Wildman–Crippen LogP) is 1.92. The Morgan fingerprint density at radius 1 is 1.22 bits per heavy atom. The SMILES string of the molecule is CNC(=O)CSc1nnc(N2CCN(C(=O)Cc3ccccc3Cl)CC2)s1. The Kier molecular flexibility index (Phi) is 6.92. The maximum absolute atomic E-state index is 12.5. The van der Waals surface area contributed by atoms with Gasteiger partial charge in [-0.3, -0.25) is 9.59 Å². The molecular weight excluding hydrogens is 406 g/mol. The molecule has 0 aliphatic carbocycles. The van der Waals surface area contributed by atoms with Gasteiger partial charge in [0.15, 0.2) is 4.34 Å². The van der Waals surface area contributed by atoms with Crippen LogP contribution in [0.2, 0.25) is 5.02 Å². The molecule has 2 heterocycles. The molecular formula is C17H20ClN5O2S2. The van der Waals surface area contributed by atoms with E-state index in [9.17, 15) is 9.59 Å². The van der Waals surface area contributed by atoms with Crippen LogP contribution < -0.4 is 10.2 Å². The van der Waals surface area contributed by atoms with Gasteiger partial charge in [0, 0.05) is 38.2 Å². The van der Waals surface area contributed by atoms with Crippen molar-refractivity contribution in [1.82, 2.24) is 20.4 Å². The van der Waals surface area contributed by atoms with E-state index in [4.69, 9.17) is 11.6 Å². The van der Waals surface area contributed by atoms with Crippen molar-refractivity contribution in [3.63, 3.8) is 0 Å². The maximum Gasteiger partial charge on any atom is 0.230 e. The van der Waals surface area contributed by atoms with E-state index in [0.29, 0.717) is 43.4 Å². The molecule has 144 valence electrons. The van der Waals surface area contributed by atoms with E-state index in [1.54, 1.807) is 13.1 Å². The molecule has 3 rings (SSSR count). The molecule has 10 heteroatoms. The van der Waals surface area contributed by atoms with Gasteiger partial charge in [-0.15, -0.1) is 10.2 Å². The van der Waals surface area contributed by atoms with Gasteiger partial charge in [0.25, 0.3) is 0 Å². The minimum absolute atomic E-state index is 0.0394. The number of aromatic nitrogens is 2. The van der Waals surface area contributed by atoms with Crippen molar-refractivity contribution in [3.05, 3.63) is 34.9 Å². The van der Waals surface area contributed by atoms with Crippen LogP contribution in [0, 0.1) is 0 Å². The first-order valence-electron chi connectivity index (χ1n) is 8.50. The van der Waals surface area contributed by atoms with Crippen molar-refractivity contribution in [2.45, 2.75) is 10.8 Å². The summed E-state index contributed by atoms with van der Waals surface area (Å²) in [4.78, 5) is 27.8. The largest absolute Gasteiger partial charge is 0.358 e. The topological polar surface area (TPSA) is 78.4 Å². The lowest BCUT2D eigenvalue weighted by Crippen LogP contribution is -2.49. The third kappa shape index (κ3) is 5.33. The molecule has 1 N–H and O–H groups in total. The van der Waals surface area contributed by atoms with Crippen LogP contribution in [0.25, 0.3) is 0 Å². The molecule has 7 nitrogen and oxygen atoms in total. The Hall–Kier alpha value is -1.84. The Bertz CT molecular complexity index is 808. The van der Waals surface area contributed by atoms with Crippen LogP contribution in [0.5, 0.6) is 0 Å². The van der Waals surface area contributed by atoms with E-state index in [-0.39, 0.29) is 11.8 Å². The molecule has 27 heavy (non-hydrogen) atoms. The molecule has 1 fully saturated rings. The lowest BCUT2D eigenvalue weighted by atomic mass is 10.1. The number of rotatable bonds is 6. The Morgan fingerprint density at radius 2 is 1.96 bits per heavy atom. The highest BCUT2D eigenvalue weighted by Gasteiger charge is 2.24. The van der Waals surface area contributed by atoms with Crippen LogP contribution in [-0.2, 0) is 16.0 Å². The molecule has 1 aromatic heterocycles. The second kappa shape index (κ2) is 9.38. The number of anilines is 1. The Balaban J connectivity index is 1.50. The highest BCUT2D eigenvalue weighted by atomic mass is 35.5. The fourth-order valence-corrected chi connectivity index (χ4v) is 4.62. The number of amides is 2. The van der Waals surface area contributed by atoms with Crippen LogP contribution in [0.4, 0.5) is 5.13 Å². The summed E-state index contributed by atoms with van der Waals surface area (Å²) in [6.07, 6.45) is 0.318. The zero-order chi connectivity index (χ0) is 19.2. The summed E-state index contributed by atoms with van der Waals surface area (Å²) in [6, 6.07) is 7.44. The van der Waals surface area contributed by atoms with Crippen molar-refractivity contribution >= 4 is 51.6 Å². The fraction of sp³-hybridized carbons (Fsp3) is 0.412. The average molecular weight is 426 g/mol.